The van der Waals surface area contributed by atoms with Gasteiger partial charge in [-0.2, -0.15) is 4.31 Å². The summed E-state index contributed by atoms with van der Waals surface area (Å²) >= 11 is 0. The normalized spacial score (nSPS) is 18.1. The first-order valence-electron chi connectivity index (χ1n) is 14.4. The first-order chi connectivity index (χ1) is 18.9. The third-order valence-corrected chi connectivity index (χ3v) is 9.82. The van der Waals surface area contributed by atoms with E-state index in [9.17, 15) is 13.2 Å². The van der Waals surface area contributed by atoms with Gasteiger partial charge >= 0.3 is 0 Å². The van der Waals surface area contributed by atoms with Gasteiger partial charge in [-0.15, -0.1) is 5.10 Å². The molecule has 2 fully saturated rings. The Balaban J connectivity index is 1.49. The molecule has 0 unspecified atom stereocenters. The van der Waals surface area contributed by atoms with Crippen LogP contribution in [0.15, 0.2) is 27.9 Å². The number of hydrogen-bond donors (Lipinski definition) is 1. The van der Waals surface area contributed by atoms with Crippen molar-refractivity contribution in [3.05, 3.63) is 40.1 Å². The molecule has 2 saturated heterocycles. The molecule has 11 heteroatoms. The van der Waals surface area contributed by atoms with E-state index in [4.69, 9.17) is 9.84 Å². The second kappa shape index (κ2) is 11.8. The zero-order valence-corrected chi connectivity index (χ0v) is 24.1. The quantitative estimate of drug-likeness (QED) is 0.428. The van der Waals surface area contributed by atoms with E-state index in [1.54, 1.807) is 27.0 Å². The van der Waals surface area contributed by atoms with Crippen molar-refractivity contribution in [2.24, 2.45) is 0 Å². The summed E-state index contributed by atoms with van der Waals surface area (Å²) in [6, 6.07) is 5.29. The highest BCUT2D eigenvalue weighted by atomic mass is 32.2. The minimum atomic E-state index is -3.73. The molecule has 3 aromatic rings. The minimum Gasteiger partial charge on any atom is -0.493 e. The molecule has 0 spiro atoms. The highest BCUT2D eigenvalue weighted by Crippen LogP contribution is 2.32. The number of aryl methyl sites for hydroxylation is 2. The molecule has 0 bridgehead atoms. The fraction of sp³-hybridized carbons (Fsp3) is 0.607. The molecule has 0 aliphatic carbocycles. The summed E-state index contributed by atoms with van der Waals surface area (Å²) in [7, 11) is -3.73. The lowest BCUT2D eigenvalue weighted by Gasteiger charge is -2.39. The lowest BCUT2D eigenvalue weighted by atomic mass is 10.0. The van der Waals surface area contributed by atoms with Crippen LogP contribution >= 0.6 is 0 Å². The molecular weight excluding hydrogens is 516 g/mol. The summed E-state index contributed by atoms with van der Waals surface area (Å²) in [5.74, 6) is 1.44. The van der Waals surface area contributed by atoms with E-state index >= 15 is 0 Å². The molecule has 0 amide bonds. The van der Waals surface area contributed by atoms with Crippen LogP contribution in [0, 0.1) is 0 Å². The van der Waals surface area contributed by atoms with Gasteiger partial charge in [-0.25, -0.2) is 17.9 Å². The number of rotatable bonds is 9. The number of ether oxygens (including phenoxy) is 1. The molecule has 212 valence electrons. The predicted octanol–water partition coefficient (Wildman–Crippen LogP) is 3.64. The fourth-order valence-electron chi connectivity index (χ4n) is 5.90. The Morgan fingerprint density at radius 2 is 1.79 bits per heavy atom. The number of nitrogens with zero attached hydrogens (tertiary/aromatic N) is 5. The number of benzene rings is 1. The van der Waals surface area contributed by atoms with Crippen LogP contribution in [0.4, 0.5) is 0 Å². The van der Waals surface area contributed by atoms with E-state index in [2.05, 4.69) is 21.8 Å². The Morgan fingerprint density at radius 1 is 1.05 bits per heavy atom. The van der Waals surface area contributed by atoms with Crippen molar-refractivity contribution in [1.29, 1.82) is 0 Å². The lowest BCUT2D eigenvalue weighted by Crippen LogP contribution is -2.48. The molecule has 1 aromatic carbocycles. The Hall–Kier alpha value is -2.76. The molecule has 39 heavy (non-hydrogen) atoms. The molecule has 0 saturated carbocycles. The maximum absolute atomic E-state index is 13.7. The zero-order valence-electron chi connectivity index (χ0n) is 23.3. The molecule has 5 rings (SSSR count). The number of aromatic amines is 1. The molecule has 2 aliphatic rings. The van der Waals surface area contributed by atoms with Gasteiger partial charge in [-0.3, -0.25) is 4.79 Å². The summed E-state index contributed by atoms with van der Waals surface area (Å²) in [5, 5.41) is 4.74. The van der Waals surface area contributed by atoms with E-state index in [0.29, 0.717) is 61.1 Å². The third kappa shape index (κ3) is 5.49. The number of hydrogen-bond acceptors (Lipinski definition) is 7. The molecule has 1 N–H and O–H groups in total. The Bertz CT molecular complexity index is 1470. The Morgan fingerprint density at radius 3 is 2.46 bits per heavy atom. The zero-order chi connectivity index (χ0) is 27.6. The highest BCUT2D eigenvalue weighted by Gasteiger charge is 2.33. The molecule has 4 heterocycles. The standard InChI is InChI=1S/C28H40N6O4S/c1-4-10-25-29-23(5-2)26-28(35)30-27(31-34(25)26)22-19-21(11-12-24(22)38-6-3)39(36,37)33-17-13-20(14-18-33)32-15-8-7-9-16-32/h11-12,19-20H,4-10,13-18H2,1-3H3,(H,30,31,35). The second-order valence-electron chi connectivity index (χ2n) is 10.5. The number of fused-ring (bicyclic) bond motifs is 1. The van der Waals surface area contributed by atoms with Crippen LogP contribution in [-0.2, 0) is 22.9 Å². The number of nitrogens with one attached hydrogen (secondary N) is 1. The maximum Gasteiger partial charge on any atom is 0.277 e. The van der Waals surface area contributed by atoms with Crippen molar-refractivity contribution in [3.63, 3.8) is 0 Å². The summed E-state index contributed by atoms with van der Waals surface area (Å²) in [6.07, 6.45) is 7.59. The van der Waals surface area contributed by atoms with Gasteiger partial charge in [0.05, 0.1) is 22.8 Å². The van der Waals surface area contributed by atoms with Gasteiger partial charge in [-0.05, 0) is 76.7 Å². The summed E-state index contributed by atoms with van der Waals surface area (Å²) < 4.78 is 36.5. The SMILES string of the molecule is CCCc1nc(CC)c2c(=O)[nH]c(-c3cc(S(=O)(=O)N4CCC(N5CCCCC5)CC4)ccc3OCC)nn12. The number of aromatic nitrogens is 4. The Labute approximate surface area is 230 Å². The minimum absolute atomic E-state index is 0.175. The van der Waals surface area contributed by atoms with Gasteiger partial charge < -0.3 is 14.6 Å². The number of H-pyrrole nitrogens is 1. The van der Waals surface area contributed by atoms with Crippen LogP contribution in [0.25, 0.3) is 16.9 Å². The summed E-state index contributed by atoms with van der Waals surface area (Å²) in [4.78, 5) is 23.4. The van der Waals surface area contributed by atoms with E-state index in [0.717, 1.165) is 38.2 Å². The van der Waals surface area contributed by atoms with Crippen molar-refractivity contribution < 1.29 is 13.2 Å². The van der Waals surface area contributed by atoms with Gasteiger partial charge in [0.15, 0.2) is 11.3 Å². The Kier molecular flexibility index (Phi) is 8.39. The molecule has 10 nitrogen and oxygen atoms in total. The van der Waals surface area contributed by atoms with E-state index < -0.39 is 10.0 Å². The van der Waals surface area contributed by atoms with E-state index in [-0.39, 0.29) is 16.3 Å². The van der Waals surface area contributed by atoms with Gasteiger partial charge in [0.2, 0.25) is 10.0 Å². The van der Waals surface area contributed by atoms with Gasteiger partial charge in [0, 0.05) is 25.6 Å². The first-order valence-corrected chi connectivity index (χ1v) is 15.8. The van der Waals surface area contributed by atoms with Crippen LogP contribution in [0.2, 0.25) is 0 Å². The third-order valence-electron chi connectivity index (χ3n) is 7.92. The topological polar surface area (TPSA) is 113 Å². The van der Waals surface area contributed by atoms with Crippen molar-refractivity contribution in [2.45, 2.75) is 83.1 Å². The van der Waals surface area contributed by atoms with Crippen LogP contribution in [-0.4, -0.2) is 76.0 Å². The van der Waals surface area contributed by atoms with Crippen LogP contribution < -0.4 is 10.3 Å². The summed E-state index contributed by atoms with van der Waals surface area (Å²) in [6.45, 7) is 9.51. The maximum atomic E-state index is 13.7. The van der Waals surface area contributed by atoms with E-state index in [1.165, 1.54) is 19.3 Å². The lowest BCUT2D eigenvalue weighted by molar-refractivity contribution is 0.118. The first kappa shape index (κ1) is 27.8. The predicted molar refractivity (Wildman–Crippen MR) is 151 cm³/mol. The van der Waals surface area contributed by atoms with Gasteiger partial charge in [0.25, 0.3) is 5.56 Å². The number of likely N-dealkylation sites (tertiary alicyclic amines) is 1. The summed E-state index contributed by atoms with van der Waals surface area (Å²) in [5.41, 5.74) is 1.27. The number of piperidine rings is 2. The molecule has 2 aromatic heterocycles. The number of imidazole rings is 1. The molecule has 2 aliphatic heterocycles. The monoisotopic (exact) mass is 556 g/mol. The van der Waals surface area contributed by atoms with E-state index in [1.807, 2.05) is 13.8 Å². The van der Waals surface area contributed by atoms with Crippen LogP contribution in [0.3, 0.4) is 0 Å². The van der Waals surface area contributed by atoms with Crippen LogP contribution in [0.5, 0.6) is 5.75 Å². The average Bonchev–Trinajstić information content (AvgIpc) is 3.32. The van der Waals surface area contributed by atoms with Crippen LogP contribution in [0.1, 0.15) is 70.8 Å². The van der Waals surface area contributed by atoms with Crippen molar-refractivity contribution >= 4 is 15.5 Å². The second-order valence-corrected chi connectivity index (χ2v) is 12.4. The van der Waals surface area contributed by atoms with Crippen molar-refractivity contribution in [2.75, 3.05) is 32.8 Å². The smallest absolute Gasteiger partial charge is 0.277 e. The molecule has 0 radical (unpaired) electrons. The van der Waals surface area contributed by atoms with Crippen molar-refractivity contribution in [3.8, 4) is 17.1 Å². The largest absolute Gasteiger partial charge is 0.493 e. The van der Waals surface area contributed by atoms with Gasteiger partial charge in [0.1, 0.15) is 11.6 Å². The number of sulfonamides is 1. The molecule has 0 atom stereocenters. The molecular formula is C28H40N6O4S. The van der Waals surface area contributed by atoms with Gasteiger partial charge in [-0.1, -0.05) is 20.3 Å². The average molecular weight is 557 g/mol. The highest BCUT2D eigenvalue weighted by molar-refractivity contribution is 7.89. The fourth-order valence-corrected chi connectivity index (χ4v) is 7.40. The van der Waals surface area contributed by atoms with Crippen molar-refractivity contribution in [1.82, 2.24) is 28.8 Å².